The zero-order valence-corrected chi connectivity index (χ0v) is 16.4. The molecule has 3 aromatic carbocycles. The third-order valence-electron chi connectivity index (χ3n) is 4.93. The van der Waals surface area contributed by atoms with Crippen LogP contribution in [0.4, 0.5) is 20.6 Å². The van der Waals surface area contributed by atoms with Crippen LogP contribution in [0, 0.1) is 19.7 Å². The first kappa shape index (κ1) is 18.4. The molecule has 0 aromatic heterocycles. The second kappa shape index (κ2) is 7.20. The minimum absolute atomic E-state index is 0.0566. The Labute approximate surface area is 165 Å². The van der Waals surface area contributed by atoms with E-state index in [2.05, 4.69) is 0 Å². The van der Waals surface area contributed by atoms with E-state index in [-0.39, 0.29) is 12.4 Å². The van der Waals surface area contributed by atoms with Crippen molar-refractivity contribution >= 4 is 28.4 Å². The number of carbonyl (C=O) groups excluding carboxylic acids is 1. The standard InChI is InChI=1S/C22H19FN2O2S/c1-15-11-12-18(13-16(15)2)25-22(26)24(14-17-7-3-4-8-19(17)23)20-9-5-6-10-21(20)28(25)27/h3-13H,14H2,1-2H3. The van der Waals surface area contributed by atoms with Crippen LogP contribution in [0.2, 0.25) is 0 Å². The summed E-state index contributed by atoms with van der Waals surface area (Å²) in [5, 5.41) is 0. The first-order chi connectivity index (χ1) is 13.5. The zero-order chi connectivity index (χ0) is 19.8. The lowest BCUT2D eigenvalue weighted by molar-refractivity contribution is 0.254. The van der Waals surface area contributed by atoms with Gasteiger partial charge in [-0.3, -0.25) is 4.90 Å². The van der Waals surface area contributed by atoms with Crippen molar-refractivity contribution < 1.29 is 13.4 Å². The lowest BCUT2D eigenvalue weighted by atomic mass is 10.1. The van der Waals surface area contributed by atoms with Crippen molar-refractivity contribution in [1.82, 2.24) is 0 Å². The number of benzene rings is 3. The molecule has 1 atom stereocenters. The number of halogens is 1. The van der Waals surface area contributed by atoms with Gasteiger partial charge in [-0.25, -0.2) is 17.7 Å². The highest BCUT2D eigenvalue weighted by atomic mass is 32.2. The Kier molecular flexibility index (Phi) is 4.73. The van der Waals surface area contributed by atoms with Gasteiger partial charge in [0.05, 0.1) is 22.8 Å². The summed E-state index contributed by atoms with van der Waals surface area (Å²) in [5.41, 5.74) is 3.58. The minimum atomic E-state index is -1.68. The molecule has 4 nitrogen and oxygen atoms in total. The fraction of sp³-hybridized carbons (Fsp3) is 0.136. The van der Waals surface area contributed by atoms with E-state index in [0.29, 0.717) is 21.8 Å². The van der Waals surface area contributed by atoms with Gasteiger partial charge in [-0.1, -0.05) is 36.4 Å². The van der Waals surface area contributed by atoms with E-state index in [1.165, 1.54) is 15.3 Å². The molecule has 0 spiro atoms. The summed E-state index contributed by atoms with van der Waals surface area (Å²) in [6.45, 7) is 3.98. The van der Waals surface area contributed by atoms with E-state index >= 15 is 0 Å². The van der Waals surface area contributed by atoms with Crippen molar-refractivity contribution in [1.29, 1.82) is 0 Å². The summed E-state index contributed by atoms with van der Waals surface area (Å²) in [6.07, 6.45) is 0. The Morgan fingerprint density at radius 1 is 0.929 bits per heavy atom. The highest BCUT2D eigenvalue weighted by Crippen LogP contribution is 2.36. The molecule has 0 aliphatic carbocycles. The molecule has 142 valence electrons. The van der Waals surface area contributed by atoms with Crippen LogP contribution in [0.5, 0.6) is 0 Å². The van der Waals surface area contributed by atoms with E-state index in [1.54, 1.807) is 48.5 Å². The molecule has 6 heteroatoms. The smallest absolute Gasteiger partial charge is 0.287 e. The van der Waals surface area contributed by atoms with Gasteiger partial charge >= 0.3 is 6.03 Å². The number of carbonyl (C=O) groups is 1. The van der Waals surface area contributed by atoms with Crippen molar-refractivity contribution in [2.45, 2.75) is 25.3 Å². The lowest BCUT2D eigenvalue weighted by Crippen LogP contribution is -2.48. The van der Waals surface area contributed by atoms with Crippen molar-refractivity contribution in [3.8, 4) is 0 Å². The molecule has 3 aromatic rings. The van der Waals surface area contributed by atoms with Crippen molar-refractivity contribution in [3.63, 3.8) is 0 Å². The van der Waals surface area contributed by atoms with Crippen LogP contribution in [0.1, 0.15) is 16.7 Å². The molecular weight excluding hydrogens is 375 g/mol. The number of amides is 2. The van der Waals surface area contributed by atoms with Crippen LogP contribution in [0.15, 0.2) is 71.6 Å². The molecule has 0 saturated carbocycles. The molecular formula is C22H19FN2O2S. The molecule has 0 N–H and O–H groups in total. The van der Waals surface area contributed by atoms with Crippen LogP contribution in [-0.4, -0.2) is 10.2 Å². The van der Waals surface area contributed by atoms with E-state index in [4.69, 9.17) is 0 Å². The van der Waals surface area contributed by atoms with Gasteiger partial charge in [-0.15, -0.1) is 0 Å². The Morgan fingerprint density at radius 2 is 1.64 bits per heavy atom. The summed E-state index contributed by atoms with van der Waals surface area (Å²) in [5.74, 6) is -0.378. The van der Waals surface area contributed by atoms with Gasteiger partial charge in [-0.05, 0) is 55.3 Å². The van der Waals surface area contributed by atoms with Gasteiger partial charge in [0.25, 0.3) is 0 Å². The van der Waals surface area contributed by atoms with Gasteiger partial charge in [-0.2, -0.15) is 0 Å². The number of para-hydroxylation sites is 1. The molecule has 0 bridgehead atoms. The van der Waals surface area contributed by atoms with Crippen molar-refractivity contribution in [3.05, 3.63) is 89.2 Å². The number of anilines is 2. The van der Waals surface area contributed by atoms with Gasteiger partial charge in [0, 0.05) is 5.56 Å². The van der Waals surface area contributed by atoms with Crippen molar-refractivity contribution in [2.75, 3.05) is 9.21 Å². The van der Waals surface area contributed by atoms with Crippen molar-refractivity contribution in [2.24, 2.45) is 0 Å². The number of rotatable bonds is 3. The van der Waals surface area contributed by atoms with E-state index in [9.17, 15) is 13.4 Å². The highest BCUT2D eigenvalue weighted by Gasteiger charge is 2.37. The fourth-order valence-corrected chi connectivity index (χ4v) is 4.51. The predicted octanol–water partition coefficient (Wildman–Crippen LogP) is 5.11. The van der Waals surface area contributed by atoms with E-state index in [0.717, 1.165) is 11.1 Å². The molecule has 1 aliphatic rings. The van der Waals surface area contributed by atoms with Crippen LogP contribution >= 0.6 is 0 Å². The molecule has 0 saturated heterocycles. The Hall–Kier alpha value is -2.99. The first-order valence-electron chi connectivity index (χ1n) is 8.90. The normalized spacial score (nSPS) is 16.2. The molecule has 0 radical (unpaired) electrons. The van der Waals surface area contributed by atoms with Crippen LogP contribution in [0.25, 0.3) is 0 Å². The molecule has 1 unspecified atom stereocenters. The Bertz CT molecular complexity index is 1100. The summed E-state index contributed by atoms with van der Waals surface area (Å²) >= 11 is 0. The molecule has 1 heterocycles. The Morgan fingerprint density at radius 3 is 2.39 bits per heavy atom. The first-order valence-corrected chi connectivity index (χ1v) is 10.0. The van der Waals surface area contributed by atoms with Gasteiger partial charge in [0.15, 0.2) is 11.0 Å². The maximum Gasteiger partial charge on any atom is 0.341 e. The number of urea groups is 1. The summed E-state index contributed by atoms with van der Waals surface area (Å²) < 4.78 is 28.7. The lowest BCUT2D eigenvalue weighted by Gasteiger charge is -2.36. The SMILES string of the molecule is Cc1ccc(N2C(=O)N(Cc3ccccc3F)c3ccccc3S2=O)cc1C. The second-order valence-electron chi connectivity index (χ2n) is 6.74. The third kappa shape index (κ3) is 3.10. The summed E-state index contributed by atoms with van der Waals surface area (Å²) in [4.78, 5) is 15.3. The average Bonchev–Trinajstić information content (AvgIpc) is 2.69. The number of fused-ring (bicyclic) bond motifs is 1. The predicted molar refractivity (Wildman–Crippen MR) is 109 cm³/mol. The zero-order valence-electron chi connectivity index (χ0n) is 15.6. The van der Waals surface area contributed by atoms with Gasteiger partial charge < -0.3 is 0 Å². The molecule has 1 aliphatic heterocycles. The Balaban J connectivity index is 1.82. The molecule has 4 rings (SSSR count). The summed E-state index contributed by atoms with van der Waals surface area (Å²) in [7, 11) is -1.68. The number of hydrogen-bond acceptors (Lipinski definition) is 2. The van der Waals surface area contributed by atoms with Crippen LogP contribution < -0.4 is 9.21 Å². The van der Waals surface area contributed by atoms with Gasteiger partial charge in [0.2, 0.25) is 0 Å². The quantitative estimate of drug-likeness (QED) is 0.619. The topological polar surface area (TPSA) is 40.6 Å². The summed E-state index contributed by atoms with van der Waals surface area (Å²) in [6, 6.07) is 18.5. The van der Waals surface area contributed by atoms with Gasteiger partial charge in [0.1, 0.15) is 5.82 Å². The van der Waals surface area contributed by atoms with Crippen LogP contribution in [-0.2, 0) is 17.5 Å². The third-order valence-corrected chi connectivity index (χ3v) is 6.35. The minimum Gasteiger partial charge on any atom is -0.287 e. The number of hydrogen-bond donors (Lipinski definition) is 0. The van der Waals surface area contributed by atoms with Crippen LogP contribution in [0.3, 0.4) is 0 Å². The maximum absolute atomic E-state index is 14.2. The number of aryl methyl sites for hydroxylation is 2. The maximum atomic E-state index is 14.2. The van der Waals surface area contributed by atoms with E-state index in [1.807, 2.05) is 26.0 Å². The highest BCUT2D eigenvalue weighted by molar-refractivity contribution is 7.87. The monoisotopic (exact) mass is 394 g/mol. The number of nitrogens with zero attached hydrogens (tertiary/aromatic N) is 2. The fourth-order valence-electron chi connectivity index (χ4n) is 3.22. The molecule has 0 fully saturated rings. The molecule has 28 heavy (non-hydrogen) atoms. The average molecular weight is 394 g/mol. The van der Waals surface area contributed by atoms with E-state index < -0.39 is 17.0 Å². The molecule has 2 amide bonds. The largest absolute Gasteiger partial charge is 0.341 e. The second-order valence-corrected chi connectivity index (χ2v) is 8.04.